The molecular weight excluding hydrogens is 512 g/mol. The lowest BCUT2D eigenvalue weighted by atomic mass is 9.77. The Balaban J connectivity index is 1.35. The fraction of sp³-hybridized carbons (Fsp3) is 0.296. The zero-order chi connectivity index (χ0) is 26.6. The Morgan fingerprint density at radius 3 is 2.66 bits per heavy atom. The topological polar surface area (TPSA) is 128 Å². The number of nitro groups is 2. The Labute approximate surface area is 222 Å². The number of para-hydroxylation sites is 1. The number of nitro benzene ring substituents is 1. The second kappa shape index (κ2) is 9.07. The molecule has 3 aromatic carbocycles. The molecule has 3 aliphatic rings. The third-order valence-electron chi connectivity index (χ3n) is 7.95. The second-order valence-electron chi connectivity index (χ2n) is 9.83. The van der Waals surface area contributed by atoms with E-state index in [2.05, 4.69) is 5.32 Å². The van der Waals surface area contributed by atoms with E-state index in [4.69, 9.17) is 16.3 Å². The summed E-state index contributed by atoms with van der Waals surface area (Å²) in [4.78, 5) is 38.5. The zero-order valence-electron chi connectivity index (χ0n) is 20.1. The van der Waals surface area contributed by atoms with Crippen LogP contribution in [0.3, 0.4) is 0 Å². The van der Waals surface area contributed by atoms with Crippen molar-refractivity contribution in [3.8, 4) is 5.75 Å². The van der Waals surface area contributed by atoms with E-state index in [0.717, 1.165) is 12.8 Å². The number of rotatable bonds is 6. The van der Waals surface area contributed by atoms with E-state index in [0.29, 0.717) is 34.7 Å². The summed E-state index contributed by atoms with van der Waals surface area (Å²) in [6.07, 6.45) is 1.57. The quantitative estimate of drug-likeness (QED) is 0.352. The van der Waals surface area contributed by atoms with Gasteiger partial charge in [0.25, 0.3) is 17.6 Å². The maximum absolute atomic E-state index is 13.6. The number of ether oxygens (including phenoxy) is 1. The van der Waals surface area contributed by atoms with Crippen molar-refractivity contribution in [1.82, 2.24) is 4.90 Å². The predicted octanol–water partition coefficient (Wildman–Crippen LogP) is 4.88. The van der Waals surface area contributed by atoms with E-state index in [1.807, 2.05) is 4.90 Å². The van der Waals surface area contributed by atoms with Crippen LogP contribution in [0.15, 0.2) is 66.7 Å². The number of hydrogen-bond acceptors (Lipinski definition) is 7. The van der Waals surface area contributed by atoms with Crippen LogP contribution in [-0.4, -0.2) is 39.3 Å². The van der Waals surface area contributed by atoms with Crippen molar-refractivity contribution in [2.75, 3.05) is 11.9 Å². The monoisotopic (exact) mass is 534 g/mol. The highest BCUT2D eigenvalue weighted by atomic mass is 35.5. The third kappa shape index (κ3) is 3.55. The summed E-state index contributed by atoms with van der Waals surface area (Å²) in [5.74, 6) is -0.565. The van der Waals surface area contributed by atoms with Crippen molar-refractivity contribution in [3.05, 3.63) is 109 Å². The lowest BCUT2D eigenvalue weighted by Gasteiger charge is -2.32. The molecule has 11 heteroatoms. The van der Waals surface area contributed by atoms with Gasteiger partial charge in [-0.15, -0.1) is 0 Å². The maximum Gasteiger partial charge on any atom is 0.269 e. The Morgan fingerprint density at radius 1 is 1.08 bits per heavy atom. The third-order valence-corrected chi connectivity index (χ3v) is 8.25. The summed E-state index contributed by atoms with van der Waals surface area (Å²) in [5.41, 5.74) is 1.11. The summed E-state index contributed by atoms with van der Waals surface area (Å²) in [6, 6.07) is 17.0. The minimum atomic E-state index is -1.39. The number of hydrogen-bond donors (Lipinski definition) is 1. The van der Waals surface area contributed by atoms with Crippen LogP contribution in [0.5, 0.6) is 5.75 Å². The molecule has 6 rings (SSSR count). The van der Waals surface area contributed by atoms with Crippen molar-refractivity contribution < 1.29 is 19.4 Å². The summed E-state index contributed by atoms with van der Waals surface area (Å²) in [7, 11) is 0. The lowest BCUT2D eigenvalue weighted by molar-refractivity contribution is -0.534. The first-order chi connectivity index (χ1) is 18.3. The van der Waals surface area contributed by atoms with Gasteiger partial charge in [0, 0.05) is 40.9 Å². The summed E-state index contributed by atoms with van der Waals surface area (Å²) >= 11 is 6.59. The SMILES string of the molecule is O=C1Nc2ccccc2[C@]12[C@H]([N+](=O)[O-])[C@H](c1ccc(OCc3cccc([N+](=O)[O-])c3)c(Cl)c1)[C@@H]1CCCN12. The van der Waals surface area contributed by atoms with Gasteiger partial charge in [-0.3, -0.25) is 29.9 Å². The molecule has 2 fully saturated rings. The molecule has 1 spiro atoms. The van der Waals surface area contributed by atoms with Crippen molar-refractivity contribution in [2.45, 2.75) is 43.0 Å². The summed E-state index contributed by atoms with van der Waals surface area (Å²) in [5, 5.41) is 26.9. The van der Waals surface area contributed by atoms with Crippen molar-refractivity contribution in [2.24, 2.45) is 0 Å². The molecule has 0 aliphatic carbocycles. The van der Waals surface area contributed by atoms with Crippen LogP contribution in [0, 0.1) is 20.2 Å². The van der Waals surface area contributed by atoms with Crippen LogP contribution in [0.1, 0.15) is 35.4 Å². The van der Waals surface area contributed by atoms with E-state index in [-0.39, 0.29) is 34.2 Å². The van der Waals surface area contributed by atoms with Crippen LogP contribution in [-0.2, 0) is 16.9 Å². The number of benzene rings is 3. The van der Waals surface area contributed by atoms with Gasteiger partial charge in [0.15, 0.2) is 5.54 Å². The molecular formula is C27H23ClN4O6. The predicted molar refractivity (Wildman–Crippen MR) is 139 cm³/mol. The van der Waals surface area contributed by atoms with Gasteiger partial charge < -0.3 is 10.1 Å². The summed E-state index contributed by atoms with van der Waals surface area (Å²) in [6.45, 7) is 0.656. The van der Waals surface area contributed by atoms with Crippen molar-refractivity contribution >= 4 is 28.9 Å². The average molecular weight is 535 g/mol. The van der Waals surface area contributed by atoms with E-state index in [1.54, 1.807) is 54.6 Å². The molecule has 1 amide bonds. The number of nitrogens with one attached hydrogen (secondary N) is 1. The number of nitrogens with zero attached hydrogens (tertiary/aromatic N) is 3. The van der Waals surface area contributed by atoms with Gasteiger partial charge in [0.2, 0.25) is 0 Å². The average Bonchev–Trinajstić information content (AvgIpc) is 3.56. The minimum absolute atomic E-state index is 0.0350. The van der Waals surface area contributed by atoms with Gasteiger partial charge in [-0.1, -0.05) is 48.0 Å². The molecule has 0 saturated carbocycles. The molecule has 3 aliphatic heterocycles. The van der Waals surface area contributed by atoms with Crippen molar-refractivity contribution in [3.63, 3.8) is 0 Å². The normalized spacial score (nSPS) is 25.7. The van der Waals surface area contributed by atoms with E-state index in [9.17, 15) is 25.0 Å². The molecule has 0 aromatic heterocycles. The standard InChI is InChI=1S/C27H23ClN4O6/c28-20-14-17(10-11-23(20)38-15-16-5-3-6-18(13-16)31(34)35)24-22-9-4-12-30(22)27(25(24)32(36)37)19-7-1-2-8-21(19)29-26(27)33/h1-3,5-8,10-11,13-14,22,24-25H,4,9,12,15H2,(H,29,33)/t22-,24+,25+,27-/m0/s1. The first-order valence-corrected chi connectivity index (χ1v) is 12.7. The molecule has 0 unspecified atom stereocenters. The number of non-ortho nitro benzene ring substituents is 1. The highest BCUT2D eigenvalue weighted by molar-refractivity contribution is 6.32. The molecule has 194 valence electrons. The molecule has 3 heterocycles. The van der Waals surface area contributed by atoms with Gasteiger partial charge >= 0.3 is 0 Å². The number of carbonyl (C=O) groups excluding carboxylic acids is 1. The maximum atomic E-state index is 13.6. The van der Waals surface area contributed by atoms with Gasteiger partial charge in [-0.25, -0.2) is 0 Å². The lowest BCUT2D eigenvalue weighted by Crippen LogP contribution is -2.55. The number of carbonyl (C=O) groups is 1. The smallest absolute Gasteiger partial charge is 0.269 e. The first kappa shape index (κ1) is 24.3. The van der Waals surface area contributed by atoms with E-state index < -0.39 is 22.4 Å². The Hall–Kier alpha value is -4.02. The molecule has 3 aromatic rings. The van der Waals surface area contributed by atoms with Crippen LogP contribution < -0.4 is 10.1 Å². The fourth-order valence-corrected chi connectivity index (χ4v) is 6.78. The molecule has 0 bridgehead atoms. The Kier molecular flexibility index (Phi) is 5.81. The molecule has 38 heavy (non-hydrogen) atoms. The summed E-state index contributed by atoms with van der Waals surface area (Å²) < 4.78 is 5.83. The molecule has 10 nitrogen and oxygen atoms in total. The van der Waals surface area contributed by atoms with E-state index in [1.165, 1.54) is 12.1 Å². The van der Waals surface area contributed by atoms with Crippen LogP contribution in [0.4, 0.5) is 11.4 Å². The minimum Gasteiger partial charge on any atom is -0.487 e. The van der Waals surface area contributed by atoms with Crippen LogP contribution in [0.25, 0.3) is 0 Å². The number of fused-ring (bicyclic) bond motifs is 4. The number of halogens is 1. The van der Waals surface area contributed by atoms with Crippen molar-refractivity contribution in [1.29, 1.82) is 0 Å². The zero-order valence-corrected chi connectivity index (χ0v) is 20.8. The van der Waals surface area contributed by atoms with E-state index >= 15 is 0 Å². The van der Waals surface area contributed by atoms with Gasteiger partial charge in [0.05, 0.1) is 15.9 Å². The number of anilines is 1. The largest absolute Gasteiger partial charge is 0.487 e. The highest BCUT2D eigenvalue weighted by Gasteiger charge is 2.73. The molecule has 1 N–H and O–H groups in total. The van der Waals surface area contributed by atoms with Crippen LogP contribution in [0.2, 0.25) is 5.02 Å². The van der Waals surface area contributed by atoms with Gasteiger partial charge in [-0.05, 0) is 42.2 Å². The molecule has 4 atom stereocenters. The Morgan fingerprint density at radius 2 is 1.89 bits per heavy atom. The van der Waals surface area contributed by atoms with Gasteiger partial charge in [0.1, 0.15) is 12.4 Å². The highest BCUT2D eigenvalue weighted by Crippen LogP contribution is 2.58. The first-order valence-electron chi connectivity index (χ1n) is 12.3. The fourth-order valence-electron chi connectivity index (χ4n) is 6.54. The molecule has 0 radical (unpaired) electrons. The molecule has 2 saturated heterocycles. The second-order valence-corrected chi connectivity index (χ2v) is 10.2. The number of amides is 1. The Bertz CT molecular complexity index is 1480. The van der Waals surface area contributed by atoms with Crippen LogP contribution >= 0.6 is 11.6 Å². The van der Waals surface area contributed by atoms with Gasteiger partial charge in [-0.2, -0.15) is 0 Å².